The van der Waals surface area contributed by atoms with Crippen LogP contribution in [0.5, 0.6) is 0 Å². The van der Waals surface area contributed by atoms with Crippen LogP contribution in [0.3, 0.4) is 0 Å². The molecule has 0 spiro atoms. The minimum absolute atomic E-state index is 0.0595. The van der Waals surface area contributed by atoms with Gasteiger partial charge in [-0.05, 0) is 46.8 Å². The highest BCUT2D eigenvalue weighted by atomic mass is 35.5. The number of rotatable bonds is 4. The molecule has 2 aromatic rings. The lowest BCUT2D eigenvalue weighted by Crippen LogP contribution is -2.33. The average molecular weight is 511 g/mol. The molecule has 0 saturated heterocycles. The molecule has 10 heteroatoms. The van der Waals surface area contributed by atoms with Crippen LogP contribution in [0.15, 0.2) is 36.5 Å². The number of carbonyl (C=O) groups is 1. The summed E-state index contributed by atoms with van der Waals surface area (Å²) in [6, 6.07) is 8.34. The minimum Gasteiger partial charge on any atom is -0.422 e. The Morgan fingerprint density at radius 2 is 1.82 bits per heavy atom. The zero-order valence-electron chi connectivity index (χ0n) is 19.6. The van der Waals surface area contributed by atoms with E-state index in [2.05, 4.69) is 4.98 Å². The summed E-state index contributed by atoms with van der Waals surface area (Å²) in [6.07, 6.45) is 2.63. The maximum absolute atomic E-state index is 13.9. The molecule has 0 aliphatic carbocycles. The molecule has 33 heavy (non-hydrogen) atoms. The zero-order valence-corrected chi connectivity index (χ0v) is 22.0. The largest absolute Gasteiger partial charge is 0.422 e. The van der Waals surface area contributed by atoms with Crippen molar-refractivity contribution >= 4 is 54.7 Å². The monoisotopic (exact) mass is 510 g/mol. The van der Waals surface area contributed by atoms with Gasteiger partial charge in [0, 0.05) is 24.4 Å². The van der Waals surface area contributed by atoms with Gasteiger partial charge in [-0.15, -0.1) is 0 Å². The maximum atomic E-state index is 13.9. The van der Waals surface area contributed by atoms with Gasteiger partial charge in [0.05, 0.1) is 42.8 Å². The fourth-order valence-corrected chi connectivity index (χ4v) is 5.81. The summed E-state index contributed by atoms with van der Waals surface area (Å²) in [5.41, 5.74) is 0.761. The van der Waals surface area contributed by atoms with Crippen LogP contribution >= 0.6 is 11.6 Å². The molecular formula is C23H27ClN2O5S2. The number of hydrogen-bond acceptors (Lipinski definition) is 6. The Morgan fingerprint density at radius 1 is 1.18 bits per heavy atom. The van der Waals surface area contributed by atoms with E-state index >= 15 is 0 Å². The number of benzene rings is 1. The van der Waals surface area contributed by atoms with Crippen molar-refractivity contribution < 1.29 is 22.2 Å². The first kappa shape index (κ1) is 25.4. The smallest absolute Gasteiger partial charge is 0.316 e. The number of aromatic nitrogens is 1. The molecule has 1 aromatic heterocycles. The summed E-state index contributed by atoms with van der Waals surface area (Å²) in [7, 11) is -3.94. The van der Waals surface area contributed by atoms with Crippen molar-refractivity contribution in [3.8, 4) is 0 Å². The van der Waals surface area contributed by atoms with E-state index in [1.54, 1.807) is 57.3 Å². The van der Waals surface area contributed by atoms with E-state index in [0.29, 0.717) is 16.8 Å². The van der Waals surface area contributed by atoms with Crippen LogP contribution in [0.2, 0.25) is 5.02 Å². The summed E-state index contributed by atoms with van der Waals surface area (Å²) in [5.74, 6) is -0.465. The summed E-state index contributed by atoms with van der Waals surface area (Å²) in [4.78, 5) is 17.5. The zero-order chi connectivity index (χ0) is 24.9. The quantitative estimate of drug-likeness (QED) is 0.560. The van der Waals surface area contributed by atoms with Crippen molar-refractivity contribution in [1.29, 1.82) is 0 Å². The maximum Gasteiger partial charge on any atom is 0.316 e. The Morgan fingerprint density at radius 3 is 2.39 bits per heavy atom. The van der Waals surface area contributed by atoms with Gasteiger partial charge in [-0.3, -0.25) is 18.3 Å². The van der Waals surface area contributed by atoms with E-state index in [-0.39, 0.29) is 21.4 Å². The minimum atomic E-state index is -3.60. The Kier molecular flexibility index (Phi) is 6.56. The lowest BCUT2D eigenvalue weighted by atomic mass is 9.96. The average Bonchev–Trinajstić information content (AvgIpc) is 2.71. The molecule has 0 radical (unpaired) electrons. The molecule has 3 rings (SSSR count). The molecular weight excluding hydrogens is 484 g/mol. The number of carbonyl (C=O) groups excluding carboxylic acids is 1. The van der Waals surface area contributed by atoms with Gasteiger partial charge in [-0.2, -0.15) is 0 Å². The first-order chi connectivity index (χ1) is 15.1. The summed E-state index contributed by atoms with van der Waals surface area (Å²) in [6.45, 7) is 8.77. The van der Waals surface area contributed by atoms with Crippen LogP contribution in [0.25, 0.3) is 10.7 Å². The fraction of sp³-hybridized carbons (Fsp3) is 0.391. The van der Waals surface area contributed by atoms with Crippen LogP contribution in [0, 0.1) is 5.41 Å². The van der Waals surface area contributed by atoms with E-state index in [9.17, 15) is 17.4 Å². The topological polar surface area (TPSA) is 93.6 Å². The lowest BCUT2D eigenvalue weighted by Gasteiger charge is -2.34. The van der Waals surface area contributed by atoms with E-state index in [1.807, 2.05) is 13.8 Å². The first-order valence-electron chi connectivity index (χ1n) is 10.2. The van der Waals surface area contributed by atoms with E-state index in [1.165, 1.54) is 7.05 Å². The number of hydrogen-bond donors (Lipinski definition) is 0. The third kappa shape index (κ3) is 4.58. The molecule has 0 N–H and O–H groups in total. The standard InChI is InChI=1S/C23H27ClN2O5S2/c1-22(2,3)21(27)31-19-18-15(11-9-13-25-18)23(4,5)32(28)20(19)14-10-8-12-16(17(14)24)26(6)33(7,29)30/h8-13H,1-7H3. The molecule has 1 aliphatic heterocycles. The number of halogens is 1. The highest BCUT2D eigenvalue weighted by Gasteiger charge is 2.43. The number of anilines is 1. The van der Waals surface area contributed by atoms with Gasteiger partial charge in [-0.1, -0.05) is 29.8 Å². The number of fused-ring (bicyclic) bond motifs is 1. The SMILES string of the molecule is CN(c1cccc(C2=C(OC(=O)C(C)(C)C)c3ncccc3C(C)(C)S2=O)c1Cl)S(C)(=O)=O. The van der Waals surface area contributed by atoms with Gasteiger partial charge in [0.1, 0.15) is 5.69 Å². The van der Waals surface area contributed by atoms with Crippen molar-refractivity contribution in [1.82, 2.24) is 4.98 Å². The van der Waals surface area contributed by atoms with E-state index in [0.717, 1.165) is 10.6 Å². The molecule has 0 fully saturated rings. The number of sulfonamides is 1. The third-order valence-corrected chi connectivity index (χ3v) is 8.91. The van der Waals surface area contributed by atoms with E-state index in [4.69, 9.17) is 16.3 Å². The molecule has 1 aromatic carbocycles. The molecule has 1 atom stereocenters. The van der Waals surface area contributed by atoms with Gasteiger partial charge in [0.25, 0.3) is 0 Å². The van der Waals surface area contributed by atoms with Gasteiger partial charge >= 0.3 is 5.97 Å². The van der Waals surface area contributed by atoms with Crippen LogP contribution in [-0.4, -0.2) is 36.9 Å². The summed E-state index contributed by atoms with van der Waals surface area (Å²) >= 11 is 6.68. The second-order valence-electron chi connectivity index (χ2n) is 9.35. The predicted octanol–water partition coefficient (Wildman–Crippen LogP) is 4.54. The molecule has 0 bridgehead atoms. The van der Waals surface area contributed by atoms with Crippen LogP contribution in [0.4, 0.5) is 5.69 Å². The normalized spacial score (nSPS) is 18.0. The second kappa shape index (κ2) is 8.52. The summed E-state index contributed by atoms with van der Waals surface area (Å²) in [5, 5.41) is 0.0771. The van der Waals surface area contributed by atoms with Crippen LogP contribution in [0.1, 0.15) is 51.4 Å². The number of nitrogens with zero attached hydrogens (tertiary/aromatic N) is 2. The highest BCUT2D eigenvalue weighted by molar-refractivity contribution is 7.95. The van der Waals surface area contributed by atoms with Gasteiger partial charge in [-0.25, -0.2) is 8.42 Å². The van der Waals surface area contributed by atoms with E-state index < -0.39 is 37.0 Å². The molecule has 7 nitrogen and oxygen atoms in total. The van der Waals surface area contributed by atoms with Crippen LogP contribution < -0.4 is 4.31 Å². The van der Waals surface area contributed by atoms with Gasteiger partial charge < -0.3 is 4.74 Å². The first-order valence-corrected chi connectivity index (χ1v) is 13.5. The number of esters is 1. The second-order valence-corrected chi connectivity index (χ2v) is 13.7. The Labute approximate surface area is 202 Å². The number of ether oxygens (including phenoxy) is 1. The molecule has 178 valence electrons. The molecule has 1 aliphatic rings. The fourth-order valence-electron chi connectivity index (χ4n) is 3.30. The van der Waals surface area contributed by atoms with Crippen LogP contribution in [-0.2, 0) is 35.1 Å². The van der Waals surface area contributed by atoms with Crippen molar-refractivity contribution in [2.75, 3.05) is 17.6 Å². The Balaban J connectivity index is 2.39. The van der Waals surface area contributed by atoms with Crippen molar-refractivity contribution in [3.05, 3.63) is 58.4 Å². The Bertz CT molecular complexity index is 1290. The summed E-state index contributed by atoms with van der Waals surface area (Å²) < 4.78 is 44.2. The predicted molar refractivity (Wildman–Crippen MR) is 132 cm³/mol. The molecule has 0 saturated carbocycles. The Hall–Kier alpha value is -2.23. The highest BCUT2D eigenvalue weighted by Crippen LogP contribution is 2.49. The molecule has 0 amide bonds. The third-order valence-electron chi connectivity index (χ3n) is 5.39. The molecule has 2 heterocycles. The molecule has 1 unspecified atom stereocenters. The van der Waals surface area contributed by atoms with Crippen molar-refractivity contribution in [3.63, 3.8) is 0 Å². The number of pyridine rings is 1. The lowest BCUT2D eigenvalue weighted by molar-refractivity contribution is -0.145. The van der Waals surface area contributed by atoms with Gasteiger partial charge in [0.15, 0.2) is 5.76 Å². The van der Waals surface area contributed by atoms with Crippen molar-refractivity contribution in [2.45, 2.75) is 39.4 Å². The van der Waals surface area contributed by atoms with Crippen molar-refractivity contribution in [2.24, 2.45) is 5.41 Å². The van der Waals surface area contributed by atoms with Gasteiger partial charge in [0.2, 0.25) is 10.0 Å².